The molecular formula is C14H20O3. The van der Waals surface area contributed by atoms with Crippen LogP contribution in [0.3, 0.4) is 0 Å². The first kappa shape index (κ1) is 13.9. The minimum atomic E-state index is -0.883. The molecule has 1 rings (SSSR count). The second-order valence-electron chi connectivity index (χ2n) is 4.11. The van der Waals surface area contributed by atoms with Crippen molar-refractivity contribution in [1.29, 1.82) is 0 Å². The molecule has 1 aromatic carbocycles. The van der Waals surface area contributed by atoms with E-state index >= 15 is 0 Å². The van der Waals surface area contributed by atoms with Gasteiger partial charge in [0, 0.05) is 5.92 Å². The Hall–Kier alpha value is -1.16. The van der Waals surface area contributed by atoms with E-state index in [1.807, 2.05) is 37.3 Å². The summed E-state index contributed by atoms with van der Waals surface area (Å²) in [7, 11) is 0. The van der Waals surface area contributed by atoms with Gasteiger partial charge in [-0.15, -0.1) is 6.58 Å². The second kappa shape index (κ2) is 7.22. The number of benzene rings is 1. The first-order valence-corrected chi connectivity index (χ1v) is 5.76. The van der Waals surface area contributed by atoms with Crippen molar-refractivity contribution in [2.75, 3.05) is 6.61 Å². The lowest BCUT2D eigenvalue weighted by atomic mass is 10.00. The Bertz CT molecular complexity index is 323. The van der Waals surface area contributed by atoms with Crippen LogP contribution < -0.4 is 0 Å². The first-order valence-electron chi connectivity index (χ1n) is 5.76. The molecular weight excluding hydrogens is 216 g/mol. The van der Waals surface area contributed by atoms with Crippen LogP contribution in [0.5, 0.6) is 0 Å². The third-order valence-corrected chi connectivity index (χ3v) is 2.74. The van der Waals surface area contributed by atoms with Gasteiger partial charge in [-0.25, -0.2) is 0 Å². The molecule has 0 saturated heterocycles. The Balaban J connectivity index is 2.58. The largest absolute Gasteiger partial charge is 0.394 e. The summed E-state index contributed by atoms with van der Waals surface area (Å²) < 4.78 is 5.65. The van der Waals surface area contributed by atoms with Crippen LogP contribution in [0.15, 0.2) is 43.0 Å². The fraction of sp³-hybridized carbons (Fsp3) is 0.429. The van der Waals surface area contributed by atoms with Crippen molar-refractivity contribution >= 4 is 0 Å². The minimum Gasteiger partial charge on any atom is -0.394 e. The second-order valence-corrected chi connectivity index (χ2v) is 4.11. The van der Waals surface area contributed by atoms with E-state index in [1.165, 1.54) is 0 Å². The normalized spacial score (nSPS) is 16.2. The van der Waals surface area contributed by atoms with Crippen LogP contribution in [-0.4, -0.2) is 29.0 Å². The molecule has 3 atom stereocenters. The highest BCUT2D eigenvalue weighted by Gasteiger charge is 2.23. The number of rotatable bonds is 7. The van der Waals surface area contributed by atoms with Crippen molar-refractivity contribution in [1.82, 2.24) is 0 Å². The van der Waals surface area contributed by atoms with Crippen molar-refractivity contribution in [3.8, 4) is 0 Å². The van der Waals surface area contributed by atoms with E-state index in [-0.39, 0.29) is 12.5 Å². The zero-order chi connectivity index (χ0) is 12.7. The molecule has 1 aromatic rings. The van der Waals surface area contributed by atoms with E-state index < -0.39 is 12.2 Å². The first-order chi connectivity index (χ1) is 8.19. The molecule has 0 amide bonds. The Morgan fingerprint density at radius 3 is 2.53 bits per heavy atom. The van der Waals surface area contributed by atoms with E-state index in [1.54, 1.807) is 6.08 Å². The predicted octanol–water partition coefficient (Wildman–Crippen LogP) is 1.75. The molecule has 0 unspecified atom stereocenters. The average molecular weight is 236 g/mol. The van der Waals surface area contributed by atoms with E-state index in [0.29, 0.717) is 6.61 Å². The standard InChI is InChI=1S/C14H20O3/c1-3-11(2)14(13(16)9-15)17-10-12-7-5-4-6-8-12/h3-8,11,13-16H,1,9-10H2,2H3/t11-,13-,14+/m0/s1. The van der Waals surface area contributed by atoms with Crippen LogP contribution >= 0.6 is 0 Å². The predicted molar refractivity (Wildman–Crippen MR) is 67.5 cm³/mol. The lowest BCUT2D eigenvalue weighted by molar-refractivity contribution is -0.0806. The fourth-order valence-corrected chi connectivity index (χ4v) is 1.62. The van der Waals surface area contributed by atoms with Crippen molar-refractivity contribution in [2.24, 2.45) is 5.92 Å². The van der Waals surface area contributed by atoms with Gasteiger partial charge in [-0.2, -0.15) is 0 Å². The fourth-order valence-electron chi connectivity index (χ4n) is 1.62. The topological polar surface area (TPSA) is 49.7 Å². The molecule has 0 spiro atoms. The Morgan fingerprint density at radius 2 is 2.00 bits per heavy atom. The Kier molecular flexibility index (Phi) is 5.91. The monoisotopic (exact) mass is 236 g/mol. The molecule has 0 radical (unpaired) electrons. The van der Waals surface area contributed by atoms with Gasteiger partial charge in [0.25, 0.3) is 0 Å². The van der Waals surface area contributed by atoms with Gasteiger partial charge < -0.3 is 14.9 Å². The van der Waals surface area contributed by atoms with Crippen molar-refractivity contribution < 1.29 is 14.9 Å². The van der Waals surface area contributed by atoms with Gasteiger partial charge >= 0.3 is 0 Å². The summed E-state index contributed by atoms with van der Waals surface area (Å²) in [5, 5.41) is 18.7. The van der Waals surface area contributed by atoms with Crippen molar-refractivity contribution in [3.63, 3.8) is 0 Å². The van der Waals surface area contributed by atoms with Crippen LogP contribution in [0.1, 0.15) is 12.5 Å². The summed E-state index contributed by atoms with van der Waals surface area (Å²) >= 11 is 0. The average Bonchev–Trinajstić information content (AvgIpc) is 2.39. The third kappa shape index (κ3) is 4.30. The van der Waals surface area contributed by atoms with Crippen LogP contribution in [0.2, 0.25) is 0 Å². The van der Waals surface area contributed by atoms with Gasteiger partial charge in [-0.1, -0.05) is 43.3 Å². The third-order valence-electron chi connectivity index (χ3n) is 2.74. The van der Waals surface area contributed by atoms with Crippen molar-refractivity contribution in [3.05, 3.63) is 48.6 Å². The van der Waals surface area contributed by atoms with Gasteiger partial charge in [0.2, 0.25) is 0 Å². The van der Waals surface area contributed by atoms with Crippen LogP contribution in [0.25, 0.3) is 0 Å². The summed E-state index contributed by atoms with van der Waals surface area (Å²) in [4.78, 5) is 0. The van der Waals surface area contributed by atoms with Crippen LogP contribution in [0.4, 0.5) is 0 Å². The number of hydrogen-bond acceptors (Lipinski definition) is 3. The SMILES string of the molecule is C=C[C@H](C)[C@@H](OCc1ccccc1)[C@@H](O)CO. The molecule has 0 fully saturated rings. The summed E-state index contributed by atoms with van der Waals surface area (Å²) in [5.41, 5.74) is 1.04. The highest BCUT2D eigenvalue weighted by molar-refractivity contribution is 5.13. The maximum atomic E-state index is 9.67. The minimum absolute atomic E-state index is 0.0131. The highest BCUT2D eigenvalue weighted by Crippen LogP contribution is 2.15. The lowest BCUT2D eigenvalue weighted by Gasteiger charge is -2.25. The molecule has 2 N–H and O–H groups in total. The van der Waals surface area contributed by atoms with Gasteiger partial charge in [0.15, 0.2) is 0 Å². The van der Waals surface area contributed by atoms with Crippen molar-refractivity contribution in [2.45, 2.75) is 25.7 Å². The quantitative estimate of drug-likeness (QED) is 0.709. The van der Waals surface area contributed by atoms with Gasteiger partial charge in [0.05, 0.1) is 19.3 Å². The molecule has 0 aliphatic heterocycles. The van der Waals surface area contributed by atoms with E-state index in [2.05, 4.69) is 6.58 Å². The van der Waals surface area contributed by atoms with Gasteiger partial charge in [-0.3, -0.25) is 0 Å². The lowest BCUT2D eigenvalue weighted by Crippen LogP contribution is -2.36. The molecule has 3 nitrogen and oxygen atoms in total. The number of hydrogen-bond donors (Lipinski definition) is 2. The number of aliphatic hydroxyl groups is 2. The summed E-state index contributed by atoms with van der Waals surface area (Å²) in [6, 6.07) is 9.73. The maximum absolute atomic E-state index is 9.67. The molecule has 17 heavy (non-hydrogen) atoms. The Labute approximate surface area is 102 Å². The molecule has 0 heterocycles. The summed E-state index contributed by atoms with van der Waals surface area (Å²) in [5.74, 6) is -0.0131. The van der Waals surface area contributed by atoms with Crippen LogP contribution in [-0.2, 0) is 11.3 Å². The molecule has 0 aromatic heterocycles. The highest BCUT2D eigenvalue weighted by atomic mass is 16.5. The smallest absolute Gasteiger partial charge is 0.104 e. The number of ether oxygens (including phenoxy) is 1. The van der Waals surface area contributed by atoms with Crippen LogP contribution in [0, 0.1) is 5.92 Å². The molecule has 94 valence electrons. The van der Waals surface area contributed by atoms with E-state index in [0.717, 1.165) is 5.56 Å². The Morgan fingerprint density at radius 1 is 1.35 bits per heavy atom. The molecule has 0 aliphatic rings. The number of aliphatic hydroxyl groups excluding tert-OH is 2. The van der Waals surface area contributed by atoms with Gasteiger partial charge in [-0.05, 0) is 5.56 Å². The van der Waals surface area contributed by atoms with E-state index in [4.69, 9.17) is 9.84 Å². The zero-order valence-corrected chi connectivity index (χ0v) is 10.1. The summed E-state index contributed by atoms with van der Waals surface area (Å²) in [6.45, 7) is 5.69. The molecule has 0 saturated carbocycles. The van der Waals surface area contributed by atoms with Gasteiger partial charge in [0.1, 0.15) is 6.10 Å². The molecule has 3 heteroatoms. The molecule has 0 bridgehead atoms. The molecule has 0 aliphatic carbocycles. The summed E-state index contributed by atoms with van der Waals surface area (Å²) in [6.07, 6.45) is 0.401. The maximum Gasteiger partial charge on any atom is 0.104 e. The van der Waals surface area contributed by atoms with E-state index in [9.17, 15) is 5.11 Å². The zero-order valence-electron chi connectivity index (χ0n) is 10.1.